The van der Waals surface area contributed by atoms with Crippen LogP contribution in [-0.2, 0) is 11.2 Å². The predicted octanol–water partition coefficient (Wildman–Crippen LogP) is 3.58. The first-order chi connectivity index (χ1) is 12.7. The fraction of sp³-hybridized carbons (Fsp3) is 0.762. The number of likely N-dealkylation sites (tertiary alicyclic amines) is 1. The van der Waals surface area contributed by atoms with E-state index in [1.165, 1.54) is 44.1 Å². The van der Waals surface area contributed by atoms with Crippen LogP contribution in [0.2, 0.25) is 0 Å². The second-order valence-corrected chi connectivity index (χ2v) is 8.57. The molecule has 4 rings (SSSR count). The Morgan fingerprint density at radius 1 is 1.19 bits per heavy atom. The molecule has 0 unspecified atom stereocenters. The van der Waals surface area contributed by atoms with E-state index in [2.05, 4.69) is 26.7 Å². The van der Waals surface area contributed by atoms with Gasteiger partial charge in [-0.25, -0.2) is 9.97 Å². The van der Waals surface area contributed by atoms with Crippen molar-refractivity contribution in [2.45, 2.75) is 77.2 Å². The van der Waals surface area contributed by atoms with E-state index in [0.717, 1.165) is 51.1 Å². The normalized spacial score (nSPS) is 23.8. The number of carbonyl (C=O) groups is 1. The Kier molecular flexibility index (Phi) is 5.14. The number of anilines is 1. The Bertz CT molecular complexity index is 633. The van der Waals surface area contributed by atoms with Crippen molar-refractivity contribution in [2.75, 3.05) is 24.5 Å². The lowest BCUT2D eigenvalue weighted by Gasteiger charge is -2.49. The third kappa shape index (κ3) is 3.45. The van der Waals surface area contributed by atoms with E-state index in [1.54, 1.807) is 6.33 Å². The molecule has 2 saturated heterocycles. The summed E-state index contributed by atoms with van der Waals surface area (Å²) in [6, 6.07) is 0.524. The third-order valence-corrected chi connectivity index (χ3v) is 6.87. The fourth-order valence-electron chi connectivity index (χ4n) is 5.28. The Hall–Kier alpha value is -1.65. The summed E-state index contributed by atoms with van der Waals surface area (Å²) in [7, 11) is 0. The molecule has 0 aromatic carbocycles. The number of amides is 1. The lowest BCUT2D eigenvalue weighted by atomic mass is 9.72. The summed E-state index contributed by atoms with van der Waals surface area (Å²) in [5, 5.41) is 0. The van der Waals surface area contributed by atoms with Crippen LogP contribution < -0.4 is 4.90 Å². The number of carbonyl (C=O) groups excluding carboxylic acids is 1. The first kappa shape index (κ1) is 17.7. The molecule has 0 atom stereocenters. The van der Waals surface area contributed by atoms with Crippen molar-refractivity contribution in [3.05, 3.63) is 18.1 Å². The highest BCUT2D eigenvalue weighted by Crippen LogP contribution is 2.43. The molecule has 0 N–H and O–H groups in total. The third-order valence-electron chi connectivity index (χ3n) is 6.87. The highest BCUT2D eigenvalue weighted by Gasteiger charge is 2.43. The molecule has 1 aliphatic carbocycles. The van der Waals surface area contributed by atoms with Gasteiger partial charge in [-0.2, -0.15) is 0 Å². The Labute approximate surface area is 157 Å². The maximum absolute atomic E-state index is 12.5. The quantitative estimate of drug-likeness (QED) is 0.827. The van der Waals surface area contributed by atoms with Gasteiger partial charge in [-0.05, 0) is 43.9 Å². The molecule has 1 spiro atoms. The number of piperidine rings is 2. The molecule has 2 aliphatic heterocycles. The largest absolute Gasteiger partial charge is 0.356 e. The van der Waals surface area contributed by atoms with Crippen molar-refractivity contribution in [3.63, 3.8) is 0 Å². The van der Waals surface area contributed by atoms with Crippen molar-refractivity contribution in [1.29, 1.82) is 0 Å². The van der Waals surface area contributed by atoms with E-state index >= 15 is 0 Å². The van der Waals surface area contributed by atoms with Crippen LogP contribution in [0.1, 0.15) is 70.3 Å². The minimum atomic E-state index is 0.338. The van der Waals surface area contributed by atoms with Gasteiger partial charge in [0.05, 0.1) is 0 Å². The molecule has 1 saturated carbocycles. The molecule has 26 heavy (non-hydrogen) atoms. The van der Waals surface area contributed by atoms with Crippen molar-refractivity contribution in [1.82, 2.24) is 14.9 Å². The number of aryl methyl sites for hydroxylation is 1. The highest BCUT2D eigenvalue weighted by atomic mass is 16.2. The minimum Gasteiger partial charge on any atom is -0.356 e. The maximum Gasteiger partial charge on any atom is 0.222 e. The van der Waals surface area contributed by atoms with Gasteiger partial charge < -0.3 is 9.80 Å². The molecule has 142 valence electrons. The standard InChI is InChI=1S/C21H32N4O/c1-2-5-17-14-22-16-23-20(17)24-12-10-21(11-13-24)9-8-19(26)25(15-21)18-6-3-4-7-18/h14,16,18H,2-13,15H2,1H3. The Balaban J connectivity index is 1.43. The molecule has 1 aromatic rings. The van der Waals surface area contributed by atoms with E-state index < -0.39 is 0 Å². The van der Waals surface area contributed by atoms with Gasteiger partial charge in [0.2, 0.25) is 5.91 Å². The van der Waals surface area contributed by atoms with Gasteiger partial charge in [-0.15, -0.1) is 0 Å². The number of nitrogens with zero attached hydrogens (tertiary/aromatic N) is 4. The van der Waals surface area contributed by atoms with Gasteiger partial charge in [-0.3, -0.25) is 4.79 Å². The second kappa shape index (κ2) is 7.53. The van der Waals surface area contributed by atoms with Crippen LogP contribution in [0.15, 0.2) is 12.5 Å². The van der Waals surface area contributed by atoms with Gasteiger partial charge in [-0.1, -0.05) is 26.2 Å². The smallest absolute Gasteiger partial charge is 0.222 e. The van der Waals surface area contributed by atoms with E-state index in [-0.39, 0.29) is 0 Å². The summed E-state index contributed by atoms with van der Waals surface area (Å²) < 4.78 is 0. The van der Waals surface area contributed by atoms with E-state index in [9.17, 15) is 4.79 Å². The number of hydrogen-bond donors (Lipinski definition) is 0. The van der Waals surface area contributed by atoms with Crippen LogP contribution >= 0.6 is 0 Å². The van der Waals surface area contributed by atoms with Gasteiger partial charge in [0, 0.05) is 43.9 Å². The lowest BCUT2D eigenvalue weighted by Crippen LogP contribution is -2.54. The minimum absolute atomic E-state index is 0.338. The summed E-state index contributed by atoms with van der Waals surface area (Å²) in [6.07, 6.45) is 15.0. The second-order valence-electron chi connectivity index (χ2n) is 8.57. The molecule has 3 aliphatic rings. The van der Waals surface area contributed by atoms with Gasteiger partial charge in [0.1, 0.15) is 12.1 Å². The first-order valence-corrected chi connectivity index (χ1v) is 10.5. The van der Waals surface area contributed by atoms with Crippen LogP contribution in [0, 0.1) is 5.41 Å². The van der Waals surface area contributed by atoms with Crippen molar-refractivity contribution >= 4 is 11.7 Å². The molecule has 0 bridgehead atoms. The topological polar surface area (TPSA) is 49.3 Å². The maximum atomic E-state index is 12.5. The van der Waals surface area contributed by atoms with E-state index in [4.69, 9.17) is 0 Å². The molecule has 5 nitrogen and oxygen atoms in total. The average Bonchev–Trinajstić information content (AvgIpc) is 3.20. The molecular formula is C21H32N4O. The molecule has 1 amide bonds. The number of aromatic nitrogens is 2. The van der Waals surface area contributed by atoms with Crippen LogP contribution in [0.25, 0.3) is 0 Å². The number of rotatable bonds is 4. The average molecular weight is 357 g/mol. The Morgan fingerprint density at radius 3 is 2.69 bits per heavy atom. The van der Waals surface area contributed by atoms with Gasteiger partial charge in [0.15, 0.2) is 0 Å². The summed E-state index contributed by atoms with van der Waals surface area (Å²) in [5.41, 5.74) is 1.61. The fourth-order valence-corrected chi connectivity index (χ4v) is 5.28. The van der Waals surface area contributed by atoms with Crippen molar-refractivity contribution < 1.29 is 4.79 Å². The predicted molar refractivity (Wildman–Crippen MR) is 103 cm³/mol. The van der Waals surface area contributed by atoms with Crippen molar-refractivity contribution in [2.24, 2.45) is 5.41 Å². The summed E-state index contributed by atoms with van der Waals surface area (Å²) in [5.74, 6) is 1.54. The monoisotopic (exact) mass is 356 g/mol. The molecule has 1 aromatic heterocycles. The van der Waals surface area contributed by atoms with Crippen LogP contribution in [0.5, 0.6) is 0 Å². The van der Waals surface area contributed by atoms with Crippen LogP contribution in [-0.4, -0.2) is 46.5 Å². The Morgan fingerprint density at radius 2 is 1.96 bits per heavy atom. The SMILES string of the molecule is CCCc1cncnc1N1CCC2(CCC(=O)N(C3CCCC3)C2)CC1. The van der Waals surface area contributed by atoms with Crippen LogP contribution in [0.3, 0.4) is 0 Å². The van der Waals surface area contributed by atoms with E-state index in [0.29, 0.717) is 17.4 Å². The molecular weight excluding hydrogens is 324 g/mol. The lowest BCUT2D eigenvalue weighted by molar-refractivity contribution is -0.141. The zero-order valence-electron chi connectivity index (χ0n) is 16.1. The molecule has 0 radical (unpaired) electrons. The van der Waals surface area contributed by atoms with Gasteiger partial charge in [0.25, 0.3) is 0 Å². The first-order valence-electron chi connectivity index (χ1n) is 10.5. The molecule has 3 heterocycles. The molecule has 5 heteroatoms. The van der Waals surface area contributed by atoms with Gasteiger partial charge >= 0.3 is 0 Å². The van der Waals surface area contributed by atoms with Crippen LogP contribution in [0.4, 0.5) is 5.82 Å². The summed E-state index contributed by atoms with van der Waals surface area (Å²) in [4.78, 5) is 26.0. The zero-order chi connectivity index (χ0) is 18.0. The van der Waals surface area contributed by atoms with E-state index in [1.807, 2.05) is 6.20 Å². The summed E-state index contributed by atoms with van der Waals surface area (Å²) >= 11 is 0. The zero-order valence-corrected chi connectivity index (χ0v) is 16.1. The summed E-state index contributed by atoms with van der Waals surface area (Å²) in [6.45, 7) is 5.31. The number of hydrogen-bond acceptors (Lipinski definition) is 4. The van der Waals surface area contributed by atoms with Crippen molar-refractivity contribution in [3.8, 4) is 0 Å². The highest BCUT2D eigenvalue weighted by molar-refractivity contribution is 5.77. The molecule has 3 fully saturated rings.